The van der Waals surface area contributed by atoms with Gasteiger partial charge in [0.15, 0.2) is 11.5 Å². The fraction of sp³-hybridized carbons (Fsp3) is 0.486. The van der Waals surface area contributed by atoms with E-state index >= 15 is 0 Å². The number of fused-ring (bicyclic) bond motifs is 3. The Morgan fingerprint density at radius 3 is 2.11 bits per heavy atom. The van der Waals surface area contributed by atoms with Crippen molar-refractivity contribution in [1.29, 1.82) is 0 Å². The molecule has 2 atom stereocenters. The van der Waals surface area contributed by atoms with Crippen LogP contribution in [0.5, 0.6) is 0 Å². The van der Waals surface area contributed by atoms with Gasteiger partial charge >= 0.3 is 6.03 Å². The number of aromatic nitrogens is 4. The molecule has 12 nitrogen and oxygen atoms in total. The van der Waals surface area contributed by atoms with Gasteiger partial charge in [0, 0.05) is 61.9 Å². The SMILES string of the molecule is CN1CCN(c2ccc(NC(=O)Nc3ccc(-c4nc(N5CC6CCC(C5)O6)c5cnn(C6CCC(O)CC6)c5n4)cc3)cc2)CC1. The van der Waals surface area contributed by atoms with Gasteiger partial charge in [-0.2, -0.15) is 5.10 Å². The van der Waals surface area contributed by atoms with E-state index in [0.717, 1.165) is 106 Å². The van der Waals surface area contributed by atoms with Crippen LogP contribution in [0.15, 0.2) is 54.7 Å². The van der Waals surface area contributed by atoms with Crippen LogP contribution in [0, 0.1) is 0 Å². The quantitative estimate of drug-likeness (QED) is 0.275. The molecule has 4 aromatic rings. The standard InChI is InChI=1S/C35H43N9O3/c1-41-16-18-42(19-17-41)26-8-6-25(7-9-26)38-35(46)37-24-4-2-23(3-5-24)32-39-33(43-21-29-14-15-30(22-43)47-29)31-20-36-44(34(31)40-32)27-10-12-28(45)13-11-27/h2-9,20,27-30,45H,10-19,21-22H2,1H3,(H2,37,38,46). The Hall–Kier alpha value is -4.26. The van der Waals surface area contributed by atoms with Crippen molar-refractivity contribution in [2.45, 2.75) is 62.9 Å². The second kappa shape index (κ2) is 12.7. The van der Waals surface area contributed by atoms with Crippen molar-refractivity contribution in [1.82, 2.24) is 24.6 Å². The predicted molar refractivity (Wildman–Crippen MR) is 183 cm³/mol. The summed E-state index contributed by atoms with van der Waals surface area (Å²) in [5, 5.41) is 21.8. The Balaban J connectivity index is 0.998. The molecule has 1 saturated carbocycles. The first-order chi connectivity index (χ1) is 22.9. The Morgan fingerprint density at radius 2 is 1.45 bits per heavy atom. The van der Waals surface area contributed by atoms with Crippen LogP contribution in [0.2, 0.25) is 0 Å². The van der Waals surface area contributed by atoms with E-state index in [0.29, 0.717) is 11.5 Å². The third kappa shape index (κ3) is 6.37. The van der Waals surface area contributed by atoms with Crippen LogP contribution in [-0.4, -0.2) is 100 Å². The maximum atomic E-state index is 12.9. The first-order valence-electron chi connectivity index (χ1n) is 17.0. The van der Waals surface area contributed by atoms with Crippen molar-refractivity contribution < 1.29 is 14.6 Å². The molecule has 4 aliphatic rings. The molecule has 2 bridgehead atoms. The van der Waals surface area contributed by atoms with Gasteiger partial charge in [-0.3, -0.25) is 0 Å². The minimum atomic E-state index is -0.298. The normalized spacial score (nSPS) is 24.9. The molecule has 3 aliphatic heterocycles. The zero-order chi connectivity index (χ0) is 31.9. The molecular weight excluding hydrogens is 594 g/mol. The maximum absolute atomic E-state index is 12.9. The summed E-state index contributed by atoms with van der Waals surface area (Å²) in [5.41, 5.74) is 4.28. The number of morpholine rings is 1. The highest BCUT2D eigenvalue weighted by atomic mass is 16.5. The number of nitrogens with one attached hydrogen (secondary N) is 2. The van der Waals surface area contributed by atoms with Gasteiger partial charge in [-0.25, -0.2) is 19.4 Å². The first kappa shape index (κ1) is 30.1. The van der Waals surface area contributed by atoms with E-state index in [1.807, 2.05) is 47.3 Å². The second-order valence-corrected chi connectivity index (χ2v) is 13.5. The molecule has 8 rings (SSSR count). The number of hydrogen-bond acceptors (Lipinski definition) is 9. The number of carbonyl (C=O) groups is 1. The minimum absolute atomic E-state index is 0.195. The lowest BCUT2D eigenvalue weighted by atomic mass is 9.93. The van der Waals surface area contributed by atoms with Crippen LogP contribution in [0.1, 0.15) is 44.6 Å². The van der Waals surface area contributed by atoms with Crippen molar-refractivity contribution in [3.05, 3.63) is 54.7 Å². The summed E-state index contributed by atoms with van der Waals surface area (Å²) in [6.07, 6.45) is 7.57. The summed E-state index contributed by atoms with van der Waals surface area (Å²) in [7, 11) is 2.15. The van der Waals surface area contributed by atoms with Crippen molar-refractivity contribution in [2.75, 3.05) is 66.7 Å². The summed E-state index contributed by atoms with van der Waals surface area (Å²) in [6, 6.07) is 15.6. The van der Waals surface area contributed by atoms with Gasteiger partial charge in [0.2, 0.25) is 0 Å². The van der Waals surface area contributed by atoms with E-state index in [2.05, 4.69) is 44.5 Å². The fourth-order valence-corrected chi connectivity index (χ4v) is 7.46. The highest BCUT2D eigenvalue weighted by Crippen LogP contribution is 2.36. The molecule has 3 saturated heterocycles. The fourth-order valence-electron chi connectivity index (χ4n) is 7.46. The number of rotatable bonds is 6. The number of benzene rings is 2. The van der Waals surface area contributed by atoms with Gasteiger partial charge in [0.25, 0.3) is 0 Å². The molecule has 0 radical (unpaired) electrons. The summed E-state index contributed by atoms with van der Waals surface area (Å²) in [6.45, 7) is 5.72. The highest BCUT2D eigenvalue weighted by Gasteiger charge is 2.36. The predicted octanol–water partition coefficient (Wildman–Crippen LogP) is 4.73. The molecule has 0 spiro atoms. The van der Waals surface area contributed by atoms with Crippen molar-refractivity contribution in [3.63, 3.8) is 0 Å². The van der Waals surface area contributed by atoms with E-state index in [1.165, 1.54) is 5.69 Å². The molecule has 12 heteroatoms. The molecule has 5 heterocycles. The third-order valence-electron chi connectivity index (χ3n) is 10.2. The monoisotopic (exact) mass is 637 g/mol. The zero-order valence-electron chi connectivity index (χ0n) is 26.9. The van der Waals surface area contributed by atoms with Gasteiger partial charge in [-0.15, -0.1) is 0 Å². The average molecular weight is 638 g/mol. The van der Waals surface area contributed by atoms with E-state index in [-0.39, 0.29) is 30.4 Å². The smallest absolute Gasteiger partial charge is 0.323 e. The van der Waals surface area contributed by atoms with Crippen LogP contribution in [0.4, 0.5) is 27.7 Å². The molecular formula is C35H43N9O3. The van der Waals surface area contributed by atoms with Crippen LogP contribution >= 0.6 is 0 Å². The van der Waals surface area contributed by atoms with Crippen LogP contribution in [-0.2, 0) is 4.74 Å². The molecule has 3 N–H and O–H groups in total. The number of amides is 2. The van der Waals surface area contributed by atoms with Gasteiger partial charge in [-0.05, 0) is 94.1 Å². The molecule has 2 aromatic heterocycles. The van der Waals surface area contributed by atoms with Gasteiger partial charge < -0.3 is 35.2 Å². The lowest BCUT2D eigenvalue weighted by molar-refractivity contribution is 0.0303. The summed E-state index contributed by atoms with van der Waals surface area (Å²) in [4.78, 5) is 30.1. The highest BCUT2D eigenvalue weighted by molar-refractivity contribution is 6.00. The number of carbonyl (C=O) groups excluding carboxylic acids is 1. The second-order valence-electron chi connectivity index (χ2n) is 13.5. The van der Waals surface area contributed by atoms with Gasteiger partial charge in [-0.1, -0.05) is 0 Å². The number of nitrogens with zero attached hydrogens (tertiary/aromatic N) is 7. The Bertz CT molecular complexity index is 1700. The van der Waals surface area contributed by atoms with Gasteiger partial charge in [0.1, 0.15) is 5.82 Å². The lowest BCUT2D eigenvalue weighted by Crippen LogP contribution is -2.44. The molecule has 2 amide bonds. The molecule has 4 fully saturated rings. The lowest BCUT2D eigenvalue weighted by Gasteiger charge is -2.34. The summed E-state index contributed by atoms with van der Waals surface area (Å²) >= 11 is 0. The van der Waals surface area contributed by atoms with E-state index in [1.54, 1.807) is 0 Å². The number of aliphatic hydroxyl groups excluding tert-OH is 1. The van der Waals surface area contributed by atoms with Gasteiger partial charge in [0.05, 0.1) is 35.9 Å². The molecule has 2 aromatic carbocycles. The van der Waals surface area contributed by atoms with Crippen LogP contribution in [0.25, 0.3) is 22.4 Å². The van der Waals surface area contributed by atoms with Crippen molar-refractivity contribution in [3.8, 4) is 11.4 Å². The number of anilines is 4. The minimum Gasteiger partial charge on any atom is -0.393 e. The zero-order valence-corrected chi connectivity index (χ0v) is 26.9. The number of aliphatic hydroxyl groups is 1. The first-order valence-corrected chi connectivity index (χ1v) is 17.0. The van der Waals surface area contributed by atoms with Crippen molar-refractivity contribution >= 4 is 39.9 Å². The number of ether oxygens (including phenoxy) is 1. The van der Waals surface area contributed by atoms with E-state index < -0.39 is 0 Å². The van der Waals surface area contributed by atoms with E-state index in [4.69, 9.17) is 19.8 Å². The Morgan fingerprint density at radius 1 is 0.809 bits per heavy atom. The molecule has 2 unspecified atom stereocenters. The molecule has 47 heavy (non-hydrogen) atoms. The summed E-state index contributed by atoms with van der Waals surface area (Å²) < 4.78 is 8.17. The Labute approximate surface area is 274 Å². The molecule has 1 aliphatic carbocycles. The van der Waals surface area contributed by atoms with Crippen molar-refractivity contribution in [2.24, 2.45) is 0 Å². The average Bonchev–Trinajstić information content (AvgIpc) is 3.67. The van der Waals surface area contributed by atoms with Crippen LogP contribution < -0.4 is 20.4 Å². The number of hydrogen-bond donors (Lipinski definition) is 3. The van der Waals surface area contributed by atoms with E-state index in [9.17, 15) is 9.90 Å². The Kier molecular flexibility index (Phi) is 8.16. The topological polar surface area (TPSA) is 124 Å². The third-order valence-corrected chi connectivity index (χ3v) is 10.2. The number of urea groups is 1. The summed E-state index contributed by atoms with van der Waals surface area (Å²) in [5.74, 6) is 1.52. The number of likely N-dealkylation sites (N-methyl/N-ethyl adjacent to an activating group) is 1. The number of piperazine rings is 1. The molecule has 246 valence electrons. The maximum Gasteiger partial charge on any atom is 0.323 e. The largest absolute Gasteiger partial charge is 0.393 e. The van der Waals surface area contributed by atoms with Crippen LogP contribution in [0.3, 0.4) is 0 Å².